The Balaban J connectivity index is 0.000000490. The van der Waals surface area contributed by atoms with Gasteiger partial charge in [-0.1, -0.05) is 0 Å². The van der Waals surface area contributed by atoms with Gasteiger partial charge in [0, 0.05) is 6.21 Å². The zero-order chi connectivity index (χ0) is 5.33. The molecule has 2 nitrogen and oxygen atoms in total. The summed E-state index contributed by atoms with van der Waals surface area (Å²) in [5.41, 5.74) is -0.0278. The minimum atomic E-state index is -0.0278. The fourth-order valence-corrected chi connectivity index (χ4v) is 0.431. The molecule has 0 N–H and O–H groups in total. The van der Waals surface area contributed by atoms with E-state index in [1.807, 2.05) is 20.1 Å². The number of halogens is 1. The third kappa shape index (κ3) is 1.62. The highest BCUT2D eigenvalue weighted by Gasteiger charge is 2.13. The molecule has 0 unspecified atom stereocenters. The first kappa shape index (κ1) is 7.63. The predicted octanol–water partition coefficient (Wildman–Crippen LogP) is 1.30. The van der Waals surface area contributed by atoms with Crippen molar-refractivity contribution >= 4 is 25.0 Å². The summed E-state index contributed by atoms with van der Waals surface area (Å²) >= 11 is 0. The Morgan fingerprint density at radius 2 is 2.00 bits per heavy atom. The van der Waals surface area contributed by atoms with E-state index in [1.54, 1.807) is 6.34 Å². The van der Waals surface area contributed by atoms with Crippen LogP contribution in [0.25, 0.3) is 0 Å². The lowest BCUT2D eigenvalue weighted by molar-refractivity contribution is 0.733. The standard InChI is InChI=1S/C5H8N2.ClH/c1-5(2)3-6-4-7-5;/h3-4H,1-2H3;1H. The maximum absolute atomic E-state index is 4.02. The molecule has 8 heavy (non-hydrogen) atoms. The van der Waals surface area contributed by atoms with Gasteiger partial charge in [-0.2, -0.15) is 0 Å². The van der Waals surface area contributed by atoms with Gasteiger partial charge in [0.1, 0.15) is 6.34 Å². The topological polar surface area (TPSA) is 24.7 Å². The molecule has 1 heterocycles. The lowest BCUT2D eigenvalue weighted by Crippen LogP contribution is -2.13. The van der Waals surface area contributed by atoms with Gasteiger partial charge in [0.15, 0.2) is 0 Å². The highest BCUT2D eigenvalue weighted by Crippen LogP contribution is 2.07. The van der Waals surface area contributed by atoms with Crippen molar-refractivity contribution in [2.45, 2.75) is 19.4 Å². The minimum Gasteiger partial charge on any atom is -0.262 e. The molecule has 0 spiro atoms. The molecule has 0 radical (unpaired) electrons. The molecule has 46 valence electrons. The maximum Gasteiger partial charge on any atom is 0.110 e. The Kier molecular flexibility index (Phi) is 2.16. The molecule has 0 bridgehead atoms. The van der Waals surface area contributed by atoms with Crippen LogP contribution in [0.3, 0.4) is 0 Å². The van der Waals surface area contributed by atoms with Crippen LogP contribution in [0.15, 0.2) is 9.98 Å². The van der Waals surface area contributed by atoms with Gasteiger partial charge in [0.05, 0.1) is 5.54 Å². The minimum absolute atomic E-state index is 0. The number of aliphatic imine (C=N–C) groups is 2. The summed E-state index contributed by atoms with van der Waals surface area (Å²) < 4.78 is 0. The molecule has 0 saturated heterocycles. The quantitative estimate of drug-likeness (QED) is 0.475. The molecule has 3 heteroatoms. The fourth-order valence-electron chi connectivity index (χ4n) is 0.431. The largest absolute Gasteiger partial charge is 0.262 e. The van der Waals surface area contributed by atoms with Crippen molar-refractivity contribution in [3.05, 3.63) is 0 Å². The number of nitrogens with zero attached hydrogens (tertiary/aromatic N) is 2. The van der Waals surface area contributed by atoms with E-state index in [4.69, 9.17) is 0 Å². The SMILES string of the molecule is CC1(C)C=NC=N1.Cl. The smallest absolute Gasteiger partial charge is 0.110 e. The van der Waals surface area contributed by atoms with Crippen LogP contribution >= 0.6 is 12.4 Å². The van der Waals surface area contributed by atoms with Gasteiger partial charge in [0.2, 0.25) is 0 Å². The van der Waals surface area contributed by atoms with Gasteiger partial charge >= 0.3 is 0 Å². The predicted molar refractivity (Wildman–Crippen MR) is 38.3 cm³/mol. The average molecular weight is 133 g/mol. The van der Waals surface area contributed by atoms with Gasteiger partial charge in [0.25, 0.3) is 0 Å². The number of rotatable bonds is 0. The summed E-state index contributed by atoms with van der Waals surface area (Å²) in [4.78, 5) is 7.84. The molecule has 1 aliphatic heterocycles. The van der Waals surface area contributed by atoms with E-state index in [0.29, 0.717) is 0 Å². The summed E-state index contributed by atoms with van der Waals surface area (Å²) in [6, 6.07) is 0. The van der Waals surface area contributed by atoms with E-state index < -0.39 is 0 Å². The van der Waals surface area contributed by atoms with E-state index in [2.05, 4.69) is 9.98 Å². The van der Waals surface area contributed by atoms with Crippen molar-refractivity contribution in [2.75, 3.05) is 0 Å². The van der Waals surface area contributed by atoms with Gasteiger partial charge in [-0.15, -0.1) is 12.4 Å². The summed E-state index contributed by atoms with van der Waals surface area (Å²) in [5, 5.41) is 0. The Labute approximate surface area is 55.1 Å². The molecule has 0 aromatic heterocycles. The normalized spacial score (nSPS) is 20.8. The molecule has 0 saturated carbocycles. The van der Waals surface area contributed by atoms with E-state index >= 15 is 0 Å². The van der Waals surface area contributed by atoms with Crippen LogP contribution in [0, 0.1) is 0 Å². The van der Waals surface area contributed by atoms with Crippen LogP contribution in [0.1, 0.15) is 13.8 Å². The molecule has 1 rings (SSSR count). The second-order valence-corrected chi connectivity index (χ2v) is 2.18. The number of hydrogen-bond acceptors (Lipinski definition) is 2. The zero-order valence-electron chi connectivity index (χ0n) is 4.96. The second kappa shape index (κ2) is 2.27. The number of hydrogen-bond donors (Lipinski definition) is 0. The lowest BCUT2D eigenvalue weighted by Gasteiger charge is -2.04. The van der Waals surface area contributed by atoms with Crippen molar-refractivity contribution in [1.29, 1.82) is 0 Å². The van der Waals surface area contributed by atoms with E-state index in [0.717, 1.165) is 0 Å². The van der Waals surface area contributed by atoms with Crippen molar-refractivity contribution in [1.82, 2.24) is 0 Å². The molecule has 0 aromatic rings. The molecule has 1 aliphatic rings. The third-order valence-corrected chi connectivity index (χ3v) is 0.848. The van der Waals surface area contributed by atoms with Gasteiger partial charge in [-0.05, 0) is 13.8 Å². The fraction of sp³-hybridized carbons (Fsp3) is 0.600. The van der Waals surface area contributed by atoms with Gasteiger partial charge in [-0.3, -0.25) is 4.99 Å². The van der Waals surface area contributed by atoms with E-state index in [1.165, 1.54) is 0 Å². The van der Waals surface area contributed by atoms with Crippen LogP contribution in [0.4, 0.5) is 0 Å². The van der Waals surface area contributed by atoms with Crippen molar-refractivity contribution in [3.8, 4) is 0 Å². The first-order valence-corrected chi connectivity index (χ1v) is 2.29. The monoisotopic (exact) mass is 132 g/mol. The first-order valence-electron chi connectivity index (χ1n) is 2.29. The summed E-state index contributed by atoms with van der Waals surface area (Å²) in [6.07, 6.45) is 3.41. The molecule has 0 aromatic carbocycles. The van der Waals surface area contributed by atoms with Crippen molar-refractivity contribution in [2.24, 2.45) is 9.98 Å². The first-order chi connectivity index (χ1) is 3.21. The van der Waals surface area contributed by atoms with Gasteiger partial charge < -0.3 is 0 Å². The maximum atomic E-state index is 4.02. The van der Waals surface area contributed by atoms with E-state index in [-0.39, 0.29) is 17.9 Å². The molecule has 0 amide bonds. The van der Waals surface area contributed by atoms with Crippen LogP contribution in [-0.4, -0.2) is 18.1 Å². The lowest BCUT2D eigenvalue weighted by atomic mass is 10.1. The summed E-state index contributed by atoms with van der Waals surface area (Å²) in [5.74, 6) is 0. The molecular weight excluding hydrogens is 124 g/mol. The van der Waals surface area contributed by atoms with Crippen LogP contribution in [0.5, 0.6) is 0 Å². The van der Waals surface area contributed by atoms with Gasteiger partial charge in [-0.25, -0.2) is 4.99 Å². The van der Waals surface area contributed by atoms with Crippen molar-refractivity contribution < 1.29 is 0 Å². The van der Waals surface area contributed by atoms with Crippen LogP contribution in [0.2, 0.25) is 0 Å². The molecule has 0 fully saturated rings. The Hall–Kier alpha value is -0.370. The van der Waals surface area contributed by atoms with Crippen molar-refractivity contribution in [3.63, 3.8) is 0 Å². The third-order valence-electron chi connectivity index (χ3n) is 0.848. The van der Waals surface area contributed by atoms with Crippen LogP contribution in [-0.2, 0) is 0 Å². The Morgan fingerprint density at radius 3 is 2.12 bits per heavy atom. The second-order valence-electron chi connectivity index (χ2n) is 2.18. The highest BCUT2D eigenvalue weighted by molar-refractivity contribution is 5.85. The zero-order valence-corrected chi connectivity index (χ0v) is 5.77. The summed E-state index contributed by atoms with van der Waals surface area (Å²) in [7, 11) is 0. The Morgan fingerprint density at radius 1 is 1.38 bits per heavy atom. The van der Waals surface area contributed by atoms with Crippen LogP contribution < -0.4 is 0 Å². The molecule has 0 atom stereocenters. The summed E-state index contributed by atoms with van der Waals surface area (Å²) in [6.45, 7) is 4.03. The molecular formula is C5H9ClN2. The highest BCUT2D eigenvalue weighted by atomic mass is 35.5. The average Bonchev–Trinajstić information content (AvgIpc) is 1.84. The van der Waals surface area contributed by atoms with E-state index in [9.17, 15) is 0 Å². The molecule has 0 aliphatic carbocycles. The Bertz CT molecular complexity index is 112.